The van der Waals surface area contributed by atoms with Crippen molar-refractivity contribution in [1.82, 2.24) is 25.2 Å². The fraction of sp³-hybridized carbons (Fsp3) is 0.333. The van der Waals surface area contributed by atoms with Crippen molar-refractivity contribution in [2.24, 2.45) is 7.05 Å². The summed E-state index contributed by atoms with van der Waals surface area (Å²) in [5.41, 5.74) is 2.68. The Morgan fingerprint density at radius 3 is 2.59 bits per heavy atom. The molecule has 2 amide bonds. The fourth-order valence-electron chi connectivity index (χ4n) is 2.87. The van der Waals surface area contributed by atoms with Crippen molar-refractivity contribution in [1.29, 1.82) is 0 Å². The van der Waals surface area contributed by atoms with Gasteiger partial charge in [0.15, 0.2) is 5.82 Å². The number of nitrogens with one attached hydrogen (secondary N) is 2. The Kier molecular flexibility index (Phi) is 5.59. The van der Waals surface area contributed by atoms with Crippen LogP contribution in [0.25, 0.3) is 11.1 Å². The quantitative estimate of drug-likeness (QED) is 0.631. The maximum absolute atomic E-state index is 12.6. The Morgan fingerprint density at radius 1 is 1.30 bits per heavy atom. The van der Waals surface area contributed by atoms with Gasteiger partial charge >= 0.3 is 6.03 Å². The van der Waals surface area contributed by atoms with Gasteiger partial charge in [0.1, 0.15) is 5.82 Å². The molecule has 2 heterocycles. The van der Waals surface area contributed by atoms with Crippen LogP contribution < -0.4 is 10.6 Å². The number of carbonyl (C=O) groups excluding carboxylic acids is 1. The first-order valence-electron chi connectivity index (χ1n) is 8.56. The van der Waals surface area contributed by atoms with E-state index in [1.807, 2.05) is 38.1 Å². The zero-order valence-electron chi connectivity index (χ0n) is 15.6. The molecule has 142 valence electrons. The monoisotopic (exact) mass is 432 g/mol. The van der Waals surface area contributed by atoms with Crippen LogP contribution in [0.1, 0.15) is 36.8 Å². The Balaban J connectivity index is 1.82. The van der Waals surface area contributed by atoms with E-state index in [1.165, 1.54) is 0 Å². The van der Waals surface area contributed by atoms with E-state index in [-0.39, 0.29) is 12.1 Å². The summed E-state index contributed by atoms with van der Waals surface area (Å²) in [5, 5.41) is 14.1. The summed E-state index contributed by atoms with van der Waals surface area (Å²) >= 11 is 3.44. The normalized spacial score (nSPS) is 12.0. The molecule has 0 aliphatic heterocycles. The van der Waals surface area contributed by atoms with Crippen molar-refractivity contribution in [3.63, 3.8) is 0 Å². The fourth-order valence-corrected chi connectivity index (χ4v) is 3.14. The first-order chi connectivity index (χ1) is 12.9. The van der Waals surface area contributed by atoms with Gasteiger partial charge in [-0.25, -0.2) is 4.79 Å². The van der Waals surface area contributed by atoms with Crippen molar-refractivity contribution in [2.45, 2.75) is 33.2 Å². The van der Waals surface area contributed by atoms with Gasteiger partial charge in [-0.15, -0.1) is 0 Å². The van der Waals surface area contributed by atoms with Crippen molar-refractivity contribution < 1.29 is 9.32 Å². The molecule has 1 aromatic carbocycles. The van der Waals surface area contributed by atoms with E-state index < -0.39 is 0 Å². The van der Waals surface area contributed by atoms with Gasteiger partial charge in [0.05, 0.1) is 11.7 Å². The SMILES string of the molecule is CCC(NC(=O)Nc1c(-c2ccc(Br)cc2)c(C)nn1C)c1noc(C)n1. The molecule has 8 nitrogen and oxygen atoms in total. The van der Waals surface area contributed by atoms with Gasteiger partial charge in [-0.3, -0.25) is 10.00 Å². The molecule has 0 fully saturated rings. The van der Waals surface area contributed by atoms with Gasteiger partial charge in [0, 0.05) is 24.0 Å². The molecule has 0 bridgehead atoms. The van der Waals surface area contributed by atoms with Crippen molar-refractivity contribution in [3.05, 3.63) is 46.1 Å². The number of hydrogen-bond acceptors (Lipinski definition) is 5. The largest absolute Gasteiger partial charge is 0.340 e. The number of nitrogens with zero attached hydrogens (tertiary/aromatic N) is 4. The molecule has 3 rings (SSSR count). The summed E-state index contributed by atoms with van der Waals surface area (Å²) < 4.78 is 7.65. The van der Waals surface area contributed by atoms with Crippen LogP contribution in [0, 0.1) is 13.8 Å². The third-order valence-electron chi connectivity index (χ3n) is 4.16. The van der Waals surface area contributed by atoms with E-state index in [1.54, 1.807) is 18.7 Å². The summed E-state index contributed by atoms with van der Waals surface area (Å²) in [7, 11) is 1.80. The molecular weight excluding hydrogens is 412 g/mol. The molecule has 3 aromatic rings. The average Bonchev–Trinajstić information content (AvgIpc) is 3.17. The van der Waals surface area contributed by atoms with Gasteiger partial charge in [0.2, 0.25) is 5.89 Å². The molecule has 9 heteroatoms. The van der Waals surface area contributed by atoms with Crippen LogP contribution in [-0.2, 0) is 7.05 Å². The molecule has 1 atom stereocenters. The number of rotatable bonds is 5. The van der Waals surface area contributed by atoms with E-state index in [0.717, 1.165) is 21.3 Å². The summed E-state index contributed by atoms with van der Waals surface area (Å²) in [6.07, 6.45) is 0.635. The van der Waals surface area contributed by atoms with Crippen LogP contribution in [0.15, 0.2) is 33.3 Å². The lowest BCUT2D eigenvalue weighted by Gasteiger charge is -2.15. The van der Waals surface area contributed by atoms with Crippen LogP contribution in [0.5, 0.6) is 0 Å². The van der Waals surface area contributed by atoms with Crippen LogP contribution in [0.4, 0.5) is 10.6 Å². The molecule has 0 aliphatic carbocycles. The summed E-state index contributed by atoms with van der Waals surface area (Å²) in [6.45, 7) is 5.57. The minimum absolute atomic E-state index is 0.340. The first-order valence-corrected chi connectivity index (χ1v) is 9.35. The predicted octanol–water partition coefficient (Wildman–Crippen LogP) is 4.12. The highest BCUT2D eigenvalue weighted by Crippen LogP contribution is 2.32. The lowest BCUT2D eigenvalue weighted by atomic mass is 10.1. The van der Waals surface area contributed by atoms with Crippen LogP contribution in [-0.4, -0.2) is 26.0 Å². The third kappa shape index (κ3) is 4.19. The molecule has 2 N–H and O–H groups in total. The van der Waals surface area contributed by atoms with E-state index in [0.29, 0.717) is 24.0 Å². The summed E-state index contributed by atoms with van der Waals surface area (Å²) in [6, 6.07) is 7.18. The molecule has 0 aliphatic rings. The lowest BCUT2D eigenvalue weighted by molar-refractivity contribution is 0.247. The highest BCUT2D eigenvalue weighted by Gasteiger charge is 2.21. The molecule has 2 aromatic heterocycles. The topological polar surface area (TPSA) is 97.9 Å². The zero-order chi connectivity index (χ0) is 19.6. The van der Waals surface area contributed by atoms with Crippen LogP contribution in [0.2, 0.25) is 0 Å². The lowest BCUT2D eigenvalue weighted by Crippen LogP contribution is -2.33. The van der Waals surface area contributed by atoms with Gasteiger partial charge in [-0.2, -0.15) is 10.1 Å². The second kappa shape index (κ2) is 7.91. The Morgan fingerprint density at radius 2 is 2.00 bits per heavy atom. The van der Waals surface area contributed by atoms with Crippen molar-refractivity contribution >= 4 is 27.8 Å². The minimum atomic E-state index is -0.356. The molecule has 0 radical (unpaired) electrons. The highest BCUT2D eigenvalue weighted by molar-refractivity contribution is 9.10. The van der Waals surface area contributed by atoms with E-state index in [2.05, 4.69) is 41.8 Å². The zero-order valence-corrected chi connectivity index (χ0v) is 17.2. The molecule has 0 saturated heterocycles. The predicted molar refractivity (Wildman–Crippen MR) is 105 cm³/mol. The second-order valence-electron chi connectivity index (χ2n) is 6.17. The van der Waals surface area contributed by atoms with Crippen LogP contribution in [0.3, 0.4) is 0 Å². The number of hydrogen-bond donors (Lipinski definition) is 2. The number of benzene rings is 1. The number of carbonyl (C=O) groups is 1. The van der Waals surface area contributed by atoms with Crippen molar-refractivity contribution in [3.8, 4) is 11.1 Å². The molecule has 1 unspecified atom stereocenters. The first kappa shape index (κ1) is 19.1. The van der Waals surface area contributed by atoms with Gasteiger partial charge in [-0.05, 0) is 31.0 Å². The average molecular weight is 433 g/mol. The Bertz CT molecular complexity index is 947. The number of halogens is 1. The maximum atomic E-state index is 12.6. The molecule has 27 heavy (non-hydrogen) atoms. The highest BCUT2D eigenvalue weighted by atomic mass is 79.9. The Labute approximate surface area is 165 Å². The maximum Gasteiger partial charge on any atom is 0.321 e. The van der Waals surface area contributed by atoms with Gasteiger partial charge < -0.3 is 9.84 Å². The summed E-state index contributed by atoms with van der Waals surface area (Å²) in [5.74, 6) is 1.54. The molecular formula is C18H21BrN6O2. The van der Waals surface area contributed by atoms with E-state index in [9.17, 15) is 4.79 Å². The molecule has 0 saturated carbocycles. The van der Waals surface area contributed by atoms with Gasteiger partial charge in [0.25, 0.3) is 0 Å². The number of urea groups is 1. The van der Waals surface area contributed by atoms with E-state index >= 15 is 0 Å². The number of aryl methyl sites for hydroxylation is 3. The second-order valence-corrected chi connectivity index (χ2v) is 7.09. The van der Waals surface area contributed by atoms with Crippen molar-refractivity contribution in [2.75, 3.05) is 5.32 Å². The van der Waals surface area contributed by atoms with Gasteiger partial charge in [-0.1, -0.05) is 40.1 Å². The standard InChI is InChI=1S/C18H21BrN6O2/c1-5-14(16-20-11(3)27-24-16)21-18(26)22-17-15(10(2)23-25(17)4)12-6-8-13(19)9-7-12/h6-9,14H,5H2,1-4H3,(H2,21,22,26). The van der Waals surface area contributed by atoms with Crippen LogP contribution >= 0.6 is 15.9 Å². The number of amides is 2. The number of anilines is 1. The summed E-state index contributed by atoms with van der Waals surface area (Å²) in [4.78, 5) is 16.8. The Hall–Kier alpha value is -2.68. The molecule has 0 spiro atoms. The smallest absolute Gasteiger partial charge is 0.321 e. The third-order valence-corrected chi connectivity index (χ3v) is 4.68. The minimum Gasteiger partial charge on any atom is -0.340 e. The van der Waals surface area contributed by atoms with E-state index in [4.69, 9.17) is 4.52 Å². The number of aromatic nitrogens is 4.